The van der Waals surface area contributed by atoms with Crippen molar-refractivity contribution in [2.75, 3.05) is 0 Å². The summed E-state index contributed by atoms with van der Waals surface area (Å²) in [7, 11) is 0. The molecule has 0 saturated heterocycles. The third kappa shape index (κ3) is 1.29. The van der Waals surface area contributed by atoms with Crippen molar-refractivity contribution in [1.82, 2.24) is 4.57 Å². The maximum atomic E-state index is 11.6. The van der Waals surface area contributed by atoms with E-state index in [-0.39, 0.29) is 17.7 Å². The summed E-state index contributed by atoms with van der Waals surface area (Å²) in [6.45, 7) is 1.80. The molecule has 0 aromatic carbocycles. The molecule has 1 saturated carbocycles. The van der Waals surface area contributed by atoms with E-state index in [1.165, 1.54) is 0 Å². The normalized spacial score (nSPS) is 26.9. The fourth-order valence-electron chi connectivity index (χ4n) is 1.67. The van der Waals surface area contributed by atoms with Crippen molar-refractivity contribution >= 4 is 0 Å². The average molecular weight is 179 g/mol. The van der Waals surface area contributed by atoms with E-state index in [0.29, 0.717) is 0 Å². The molecule has 1 N–H and O–H groups in total. The van der Waals surface area contributed by atoms with Crippen molar-refractivity contribution in [3.8, 4) is 0 Å². The number of aryl methyl sites for hydroxylation is 1. The van der Waals surface area contributed by atoms with E-state index in [1.54, 1.807) is 23.8 Å². The van der Waals surface area contributed by atoms with Gasteiger partial charge in [-0.1, -0.05) is 6.07 Å². The first-order chi connectivity index (χ1) is 6.20. The summed E-state index contributed by atoms with van der Waals surface area (Å²) in [6.07, 6.45) is 3.14. The first-order valence-corrected chi connectivity index (χ1v) is 4.56. The van der Waals surface area contributed by atoms with Gasteiger partial charge in [-0.15, -0.1) is 0 Å². The number of rotatable bonds is 1. The van der Waals surface area contributed by atoms with Gasteiger partial charge in [0.15, 0.2) is 0 Å². The van der Waals surface area contributed by atoms with Gasteiger partial charge in [-0.25, -0.2) is 0 Å². The summed E-state index contributed by atoms with van der Waals surface area (Å²) in [5.41, 5.74) is 0.757. The van der Waals surface area contributed by atoms with Gasteiger partial charge in [-0.05, 0) is 25.8 Å². The molecular weight excluding hydrogens is 166 g/mol. The smallest absolute Gasteiger partial charge is 0.253 e. The Morgan fingerprint density at radius 3 is 2.85 bits per heavy atom. The van der Waals surface area contributed by atoms with E-state index in [2.05, 4.69) is 0 Å². The van der Waals surface area contributed by atoms with Crippen LogP contribution in [-0.4, -0.2) is 15.8 Å². The molecule has 0 radical (unpaired) electrons. The van der Waals surface area contributed by atoms with Crippen LogP contribution < -0.4 is 5.56 Å². The molecule has 2 rings (SSSR count). The van der Waals surface area contributed by atoms with E-state index in [0.717, 1.165) is 18.4 Å². The van der Waals surface area contributed by atoms with Crippen molar-refractivity contribution in [2.24, 2.45) is 0 Å². The summed E-state index contributed by atoms with van der Waals surface area (Å²) < 4.78 is 1.64. The summed E-state index contributed by atoms with van der Waals surface area (Å²) >= 11 is 0. The average Bonchev–Trinajstić information content (AvgIpc) is 2.10. The summed E-state index contributed by atoms with van der Waals surface area (Å²) in [4.78, 5) is 11.6. The predicted molar refractivity (Wildman–Crippen MR) is 49.7 cm³/mol. The molecular formula is C10H13NO2. The lowest BCUT2D eigenvalue weighted by atomic mass is 9.89. The molecule has 1 heterocycles. The van der Waals surface area contributed by atoms with Crippen LogP contribution in [0.5, 0.6) is 0 Å². The van der Waals surface area contributed by atoms with Crippen LogP contribution >= 0.6 is 0 Å². The Kier molecular flexibility index (Phi) is 1.96. The lowest BCUT2D eigenvalue weighted by Crippen LogP contribution is -2.39. The number of aromatic nitrogens is 1. The van der Waals surface area contributed by atoms with Gasteiger partial charge in [-0.3, -0.25) is 4.79 Å². The first-order valence-electron chi connectivity index (χ1n) is 4.56. The molecule has 0 amide bonds. The highest BCUT2D eigenvalue weighted by molar-refractivity contribution is 5.09. The van der Waals surface area contributed by atoms with Crippen molar-refractivity contribution in [1.29, 1.82) is 0 Å². The Labute approximate surface area is 76.6 Å². The first kappa shape index (κ1) is 8.51. The molecule has 0 bridgehead atoms. The van der Waals surface area contributed by atoms with E-state index in [9.17, 15) is 9.90 Å². The zero-order valence-electron chi connectivity index (χ0n) is 7.60. The number of hydrogen-bond donors (Lipinski definition) is 1. The second-order valence-corrected chi connectivity index (χ2v) is 3.62. The number of aliphatic hydroxyl groups is 1. The molecule has 1 aromatic rings. The number of pyridine rings is 1. The minimum absolute atomic E-state index is 0.00685. The third-order valence-corrected chi connectivity index (χ3v) is 2.72. The van der Waals surface area contributed by atoms with Crippen molar-refractivity contribution in [3.05, 3.63) is 34.2 Å². The van der Waals surface area contributed by atoms with Crippen LogP contribution in [0.15, 0.2) is 23.1 Å². The largest absolute Gasteiger partial charge is 0.391 e. The molecule has 2 atom stereocenters. The Morgan fingerprint density at radius 2 is 2.31 bits per heavy atom. The van der Waals surface area contributed by atoms with Crippen LogP contribution in [0.2, 0.25) is 0 Å². The Hall–Kier alpha value is -1.09. The standard InChI is InChI=1S/C10H13NO2/c1-7-3-2-6-11(10(7)13)8-4-5-9(8)12/h2-3,6,8-9,12H,4-5H2,1H3/t8?,9-/m0/s1. The Balaban J connectivity index is 2.40. The van der Waals surface area contributed by atoms with Gasteiger partial charge in [0.25, 0.3) is 5.56 Å². The third-order valence-electron chi connectivity index (χ3n) is 2.72. The second-order valence-electron chi connectivity index (χ2n) is 3.62. The highest BCUT2D eigenvalue weighted by Gasteiger charge is 2.30. The van der Waals surface area contributed by atoms with E-state index < -0.39 is 0 Å². The Morgan fingerprint density at radius 1 is 1.54 bits per heavy atom. The minimum atomic E-state index is -0.334. The highest BCUT2D eigenvalue weighted by Crippen LogP contribution is 2.30. The van der Waals surface area contributed by atoms with E-state index in [1.807, 2.05) is 6.07 Å². The molecule has 70 valence electrons. The lowest BCUT2D eigenvalue weighted by molar-refractivity contribution is 0.0298. The molecule has 1 aromatic heterocycles. The van der Waals surface area contributed by atoms with Gasteiger partial charge in [-0.2, -0.15) is 0 Å². The van der Waals surface area contributed by atoms with Crippen molar-refractivity contribution in [2.45, 2.75) is 31.9 Å². The lowest BCUT2D eigenvalue weighted by Gasteiger charge is -2.33. The summed E-state index contributed by atoms with van der Waals surface area (Å²) in [5, 5.41) is 9.42. The molecule has 13 heavy (non-hydrogen) atoms. The van der Waals surface area contributed by atoms with Crippen molar-refractivity contribution < 1.29 is 5.11 Å². The predicted octanol–water partition coefficient (Wildman–Crippen LogP) is 0.853. The van der Waals surface area contributed by atoms with Gasteiger partial charge < -0.3 is 9.67 Å². The second kappa shape index (κ2) is 3.00. The molecule has 0 aliphatic heterocycles. The number of nitrogens with zero attached hydrogens (tertiary/aromatic N) is 1. The molecule has 3 nitrogen and oxygen atoms in total. The van der Waals surface area contributed by atoms with E-state index in [4.69, 9.17) is 0 Å². The SMILES string of the molecule is Cc1cccn(C2CC[C@@H]2O)c1=O. The molecule has 1 aliphatic carbocycles. The van der Waals surface area contributed by atoms with Crippen molar-refractivity contribution in [3.63, 3.8) is 0 Å². The fourth-order valence-corrected chi connectivity index (χ4v) is 1.67. The topological polar surface area (TPSA) is 42.2 Å². The van der Waals surface area contributed by atoms with Gasteiger partial charge in [0.2, 0.25) is 0 Å². The molecule has 1 unspecified atom stereocenters. The van der Waals surface area contributed by atoms with Gasteiger partial charge in [0, 0.05) is 11.8 Å². The molecule has 1 aliphatic rings. The summed E-state index contributed by atoms with van der Waals surface area (Å²) in [5.74, 6) is 0. The maximum absolute atomic E-state index is 11.6. The van der Waals surface area contributed by atoms with Gasteiger partial charge >= 0.3 is 0 Å². The fraction of sp³-hybridized carbons (Fsp3) is 0.500. The van der Waals surface area contributed by atoms with Crippen LogP contribution in [0.3, 0.4) is 0 Å². The quantitative estimate of drug-likeness (QED) is 0.694. The number of aliphatic hydroxyl groups excluding tert-OH is 1. The highest BCUT2D eigenvalue weighted by atomic mass is 16.3. The van der Waals surface area contributed by atoms with Gasteiger partial charge in [0.1, 0.15) is 0 Å². The van der Waals surface area contributed by atoms with Crippen LogP contribution in [0.1, 0.15) is 24.4 Å². The molecule has 0 spiro atoms. The maximum Gasteiger partial charge on any atom is 0.253 e. The van der Waals surface area contributed by atoms with Crippen LogP contribution in [0.4, 0.5) is 0 Å². The monoisotopic (exact) mass is 179 g/mol. The molecule has 1 fully saturated rings. The van der Waals surface area contributed by atoms with Gasteiger partial charge in [0.05, 0.1) is 12.1 Å². The zero-order chi connectivity index (χ0) is 9.42. The zero-order valence-corrected chi connectivity index (χ0v) is 7.60. The Bertz CT molecular complexity index is 369. The number of hydrogen-bond acceptors (Lipinski definition) is 2. The van der Waals surface area contributed by atoms with Crippen LogP contribution in [0.25, 0.3) is 0 Å². The van der Waals surface area contributed by atoms with Crippen LogP contribution in [0, 0.1) is 6.92 Å². The van der Waals surface area contributed by atoms with Crippen LogP contribution in [-0.2, 0) is 0 Å². The minimum Gasteiger partial charge on any atom is -0.391 e. The summed E-state index contributed by atoms with van der Waals surface area (Å²) in [6, 6.07) is 3.65. The molecule has 3 heteroatoms. The van der Waals surface area contributed by atoms with E-state index >= 15 is 0 Å².